The standard InChI is InChI=1S/C19H22O3/c1-13-7-5-10-16(19(2,3)4)17(13)22-18-14(11-20)8-6-9-15(18)12-21/h5-11,21H,12H2,1-4H3. The molecule has 1 N–H and O–H groups in total. The maximum atomic E-state index is 11.3. The molecule has 0 saturated carbocycles. The fourth-order valence-corrected chi connectivity index (χ4v) is 2.43. The second-order valence-electron chi connectivity index (χ2n) is 6.42. The van der Waals surface area contributed by atoms with Gasteiger partial charge in [0.05, 0.1) is 12.2 Å². The molecular weight excluding hydrogens is 276 g/mol. The second kappa shape index (κ2) is 6.32. The van der Waals surface area contributed by atoms with Gasteiger partial charge in [-0.1, -0.05) is 51.1 Å². The fourth-order valence-electron chi connectivity index (χ4n) is 2.43. The first-order valence-electron chi connectivity index (χ1n) is 7.34. The van der Waals surface area contributed by atoms with Crippen LogP contribution in [0.1, 0.15) is 47.8 Å². The third-order valence-electron chi connectivity index (χ3n) is 3.65. The Bertz CT molecular complexity index is 682. The smallest absolute Gasteiger partial charge is 0.153 e. The van der Waals surface area contributed by atoms with Gasteiger partial charge in [0.25, 0.3) is 0 Å². The van der Waals surface area contributed by atoms with Crippen molar-refractivity contribution in [1.29, 1.82) is 0 Å². The van der Waals surface area contributed by atoms with Gasteiger partial charge in [-0.3, -0.25) is 4.79 Å². The molecule has 0 bridgehead atoms. The van der Waals surface area contributed by atoms with Gasteiger partial charge in [0.1, 0.15) is 11.5 Å². The highest BCUT2D eigenvalue weighted by molar-refractivity contribution is 5.80. The third kappa shape index (κ3) is 3.20. The number of benzene rings is 2. The van der Waals surface area contributed by atoms with E-state index in [9.17, 15) is 9.90 Å². The molecule has 0 aliphatic heterocycles. The van der Waals surface area contributed by atoms with Gasteiger partial charge in [0.15, 0.2) is 6.29 Å². The van der Waals surface area contributed by atoms with E-state index >= 15 is 0 Å². The van der Waals surface area contributed by atoms with E-state index in [-0.39, 0.29) is 12.0 Å². The lowest BCUT2D eigenvalue weighted by molar-refractivity contribution is 0.112. The fraction of sp³-hybridized carbons (Fsp3) is 0.316. The first-order valence-corrected chi connectivity index (χ1v) is 7.34. The van der Waals surface area contributed by atoms with Crippen LogP contribution in [0, 0.1) is 6.92 Å². The summed E-state index contributed by atoms with van der Waals surface area (Å²) in [6.07, 6.45) is 0.754. The van der Waals surface area contributed by atoms with E-state index in [1.807, 2.05) is 25.1 Å². The van der Waals surface area contributed by atoms with Crippen LogP contribution in [0.2, 0.25) is 0 Å². The molecule has 3 nitrogen and oxygen atoms in total. The Morgan fingerprint density at radius 3 is 2.36 bits per heavy atom. The van der Waals surface area contributed by atoms with Gasteiger partial charge in [0, 0.05) is 11.1 Å². The molecule has 22 heavy (non-hydrogen) atoms. The predicted molar refractivity (Wildman–Crippen MR) is 87.7 cm³/mol. The topological polar surface area (TPSA) is 46.5 Å². The molecule has 0 amide bonds. The average Bonchev–Trinajstić information content (AvgIpc) is 2.48. The van der Waals surface area contributed by atoms with Gasteiger partial charge in [-0.25, -0.2) is 0 Å². The summed E-state index contributed by atoms with van der Waals surface area (Å²) in [5, 5.41) is 9.52. The predicted octanol–water partition coefficient (Wildman–Crippen LogP) is 4.39. The quantitative estimate of drug-likeness (QED) is 0.852. The van der Waals surface area contributed by atoms with Gasteiger partial charge in [-0.15, -0.1) is 0 Å². The van der Waals surface area contributed by atoms with Crippen molar-refractivity contribution < 1.29 is 14.6 Å². The van der Waals surface area contributed by atoms with Crippen LogP contribution in [-0.4, -0.2) is 11.4 Å². The minimum absolute atomic E-state index is 0.0865. The van der Waals surface area contributed by atoms with Crippen molar-refractivity contribution in [3.05, 3.63) is 58.7 Å². The lowest BCUT2D eigenvalue weighted by Gasteiger charge is -2.25. The van der Waals surface area contributed by atoms with Crippen LogP contribution >= 0.6 is 0 Å². The van der Waals surface area contributed by atoms with E-state index in [0.29, 0.717) is 16.9 Å². The number of hydrogen-bond donors (Lipinski definition) is 1. The molecule has 0 saturated heterocycles. The molecule has 0 aromatic heterocycles. The Morgan fingerprint density at radius 1 is 1.09 bits per heavy atom. The van der Waals surface area contributed by atoms with Crippen LogP contribution < -0.4 is 4.74 Å². The monoisotopic (exact) mass is 298 g/mol. The number of aryl methyl sites for hydroxylation is 1. The Morgan fingerprint density at radius 2 is 1.77 bits per heavy atom. The van der Waals surface area contributed by atoms with Crippen molar-refractivity contribution in [1.82, 2.24) is 0 Å². The van der Waals surface area contributed by atoms with Crippen LogP contribution in [0.25, 0.3) is 0 Å². The first kappa shape index (κ1) is 16.2. The zero-order chi connectivity index (χ0) is 16.3. The lowest BCUT2D eigenvalue weighted by Crippen LogP contribution is -2.13. The first-order chi connectivity index (χ1) is 10.4. The molecular formula is C19H22O3. The van der Waals surface area contributed by atoms with Crippen LogP contribution in [-0.2, 0) is 12.0 Å². The van der Waals surface area contributed by atoms with Crippen molar-refractivity contribution >= 4 is 6.29 Å². The number of aliphatic hydroxyl groups excluding tert-OH is 1. The van der Waals surface area contributed by atoms with Gasteiger partial charge >= 0.3 is 0 Å². The van der Waals surface area contributed by atoms with Crippen molar-refractivity contribution in [2.45, 2.75) is 39.7 Å². The van der Waals surface area contributed by atoms with E-state index in [0.717, 1.165) is 23.2 Å². The van der Waals surface area contributed by atoms with E-state index in [1.54, 1.807) is 18.2 Å². The summed E-state index contributed by atoms with van der Waals surface area (Å²) in [4.78, 5) is 11.3. The summed E-state index contributed by atoms with van der Waals surface area (Å²) >= 11 is 0. The molecule has 116 valence electrons. The number of hydrogen-bond acceptors (Lipinski definition) is 3. The number of ether oxygens (including phenoxy) is 1. The summed E-state index contributed by atoms with van der Waals surface area (Å²) < 4.78 is 6.12. The zero-order valence-electron chi connectivity index (χ0n) is 13.5. The van der Waals surface area contributed by atoms with Crippen LogP contribution in [0.15, 0.2) is 36.4 Å². The third-order valence-corrected chi connectivity index (χ3v) is 3.65. The molecule has 2 aromatic rings. The molecule has 0 heterocycles. The van der Waals surface area contributed by atoms with E-state index in [4.69, 9.17) is 4.74 Å². The van der Waals surface area contributed by atoms with E-state index in [2.05, 4.69) is 20.8 Å². The minimum atomic E-state index is -0.173. The molecule has 0 fully saturated rings. The molecule has 0 unspecified atom stereocenters. The number of rotatable bonds is 4. The average molecular weight is 298 g/mol. The summed E-state index contributed by atoms with van der Waals surface area (Å²) in [5.74, 6) is 1.18. The van der Waals surface area contributed by atoms with E-state index in [1.165, 1.54) is 0 Å². The summed E-state index contributed by atoms with van der Waals surface area (Å²) in [6, 6.07) is 11.2. The number of aliphatic hydroxyl groups is 1. The van der Waals surface area contributed by atoms with E-state index < -0.39 is 0 Å². The molecule has 3 heteroatoms. The Balaban J connectivity index is 2.60. The number of aldehydes is 1. The molecule has 0 aliphatic carbocycles. The molecule has 0 spiro atoms. The molecule has 0 radical (unpaired) electrons. The highest BCUT2D eigenvalue weighted by atomic mass is 16.5. The van der Waals surface area contributed by atoms with Crippen molar-refractivity contribution in [2.24, 2.45) is 0 Å². The van der Waals surface area contributed by atoms with Gasteiger partial charge in [0.2, 0.25) is 0 Å². The molecule has 2 aromatic carbocycles. The molecule has 0 atom stereocenters. The number of para-hydroxylation sites is 2. The Kier molecular flexibility index (Phi) is 4.67. The zero-order valence-corrected chi connectivity index (χ0v) is 13.5. The normalized spacial score (nSPS) is 11.3. The van der Waals surface area contributed by atoms with Gasteiger partial charge in [-0.05, 0) is 24.0 Å². The van der Waals surface area contributed by atoms with Crippen LogP contribution in [0.5, 0.6) is 11.5 Å². The molecule has 2 rings (SSSR count). The Hall–Kier alpha value is -2.13. The lowest BCUT2D eigenvalue weighted by atomic mass is 9.85. The van der Waals surface area contributed by atoms with Crippen molar-refractivity contribution in [2.75, 3.05) is 0 Å². The molecule has 0 aliphatic rings. The van der Waals surface area contributed by atoms with Crippen LogP contribution in [0.4, 0.5) is 0 Å². The number of carbonyl (C=O) groups is 1. The summed E-state index contributed by atoms with van der Waals surface area (Å²) in [5.41, 5.74) is 3.02. The largest absolute Gasteiger partial charge is 0.456 e. The van der Waals surface area contributed by atoms with Crippen molar-refractivity contribution in [3.63, 3.8) is 0 Å². The van der Waals surface area contributed by atoms with Gasteiger partial charge in [-0.2, -0.15) is 0 Å². The highest BCUT2D eigenvalue weighted by Gasteiger charge is 2.22. The SMILES string of the molecule is Cc1cccc(C(C)(C)C)c1Oc1c(C=O)cccc1CO. The minimum Gasteiger partial charge on any atom is -0.456 e. The van der Waals surface area contributed by atoms with Crippen molar-refractivity contribution in [3.8, 4) is 11.5 Å². The summed E-state index contributed by atoms with van der Waals surface area (Å²) in [7, 11) is 0. The maximum Gasteiger partial charge on any atom is 0.153 e. The highest BCUT2D eigenvalue weighted by Crippen LogP contribution is 2.38. The van der Waals surface area contributed by atoms with Crippen LogP contribution in [0.3, 0.4) is 0 Å². The van der Waals surface area contributed by atoms with Gasteiger partial charge < -0.3 is 9.84 Å². The number of carbonyl (C=O) groups excluding carboxylic acids is 1. The Labute approximate surface area is 131 Å². The second-order valence-corrected chi connectivity index (χ2v) is 6.42. The maximum absolute atomic E-state index is 11.3. The summed E-state index contributed by atoms with van der Waals surface area (Å²) in [6.45, 7) is 8.16.